The lowest BCUT2D eigenvalue weighted by Crippen LogP contribution is -2.23. The number of hydrogen-bond acceptors (Lipinski definition) is 7. The number of fused-ring (bicyclic) bond motifs is 1. The predicted octanol–water partition coefficient (Wildman–Crippen LogP) is 2.44. The minimum Gasteiger partial charge on any atom is -0.493 e. The van der Waals surface area contributed by atoms with Crippen LogP contribution in [0.5, 0.6) is 11.5 Å². The van der Waals surface area contributed by atoms with Crippen molar-refractivity contribution in [3.63, 3.8) is 0 Å². The summed E-state index contributed by atoms with van der Waals surface area (Å²) in [4.78, 5) is 18.6. The van der Waals surface area contributed by atoms with Crippen LogP contribution in [0.4, 0.5) is 0 Å². The van der Waals surface area contributed by atoms with Gasteiger partial charge in [0.2, 0.25) is 4.96 Å². The van der Waals surface area contributed by atoms with E-state index in [1.165, 1.54) is 15.9 Å². The number of thiophene rings is 1. The summed E-state index contributed by atoms with van der Waals surface area (Å²) in [6.45, 7) is 0. The van der Waals surface area contributed by atoms with E-state index < -0.39 is 0 Å². The Kier molecular flexibility index (Phi) is 3.98. The maximum absolute atomic E-state index is 12.6. The zero-order valence-electron chi connectivity index (χ0n) is 13.4. The molecule has 4 aromatic rings. The molecular formula is C17H13N3O3S2. The number of ether oxygens (including phenoxy) is 2. The highest BCUT2D eigenvalue weighted by molar-refractivity contribution is 7.15. The lowest BCUT2D eigenvalue weighted by atomic mass is 10.2. The van der Waals surface area contributed by atoms with Crippen LogP contribution in [0.2, 0.25) is 0 Å². The summed E-state index contributed by atoms with van der Waals surface area (Å²) in [7, 11) is 3.15. The van der Waals surface area contributed by atoms with Crippen molar-refractivity contribution >= 4 is 33.7 Å². The van der Waals surface area contributed by atoms with E-state index in [0.29, 0.717) is 26.8 Å². The van der Waals surface area contributed by atoms with E-state index in [1.54, 1.807) is 31.6 Å². The summed E-state index contributed by atoms with van der Waals surface area (Å²) >= 11 is 2.84. The van der Waals surface area contributed by atoms with Crippen molar-refractivity contribution in [3.05, 3.63) is 56.2 Å². The number of methoxy groups -OCH3 is 2. The lowest BCUT2D eigenvalue weighted by molar-refractivity contribution is 0.354. The van der Waals surface area contributed by atoms with Crippen molar-refractivity contribution in [1.29, 1.82) is 0 Å². The Hall–Kier alpha value is -2.71. The van der Waals surface area contributed by atoms with Gasteiger partial charge in [-0.15, -0.1) is 16.4 Å². The van der Waals surface area contributed by atoms with Crippen molar-refractivity contribution in [2.75, 3.05) is 14.2 Å². The number of para-hydroxylation sites is 1. The molecule has 0 radical (unpaired) electrons. The third kappa shape index (κ3) is 2.69. The quantitative estimate of drug-likeness (QED) is 0.551. The summed E-state index contributed by atoms with van der Waals surface area (Å²) in [6, 6.07) is 9.39. The first kappa shape index (κ1) is 15.8. The van der Waals surface area contributed by atoms with Gasteiger partial charge in [-0.25, -0.2) is 0 Å². The molecule has 6 nitrogen and oxygen atoms in total. The second-order valence-electron chi connectivity index (χ2n) is 5.11. The van der Waals surface area contributed by atoms with Crippen molar-refractivity contribution in [2.45, 2.75) is 0 Å². The van der Waals surface area contributed by atoms with E-state index >= 15 is 0 Å². The average molecular weight is 371 g/mol. The molecule has 1 aromatic carbocycles. The number of thiazole rings is 1. The molecule has 0 spiro atoms. The SMILES string of the molecule is COc1cccc(/C=c2\sc3nc(-c4cccs4)nn3c2=O)c1OC. The van der Waals surface area contributed by atoms with Gasteiger partial charge in [0.15, 0.2) is 17.3 Å². The van der Waals surface area contributed by atoms with Gasteiger partial charge in [-0.2, -0.15) is 9.50 Å². The third-order valence-electron chi connectivity index (χ3n) is 3.64. The van der Waals surface area contributed by atoms with Gasteiger partial charge in [-0.05, 0) is 23.6 Å². The van der Waals surface area contributed by atoms with Crippen LogP contribution in [0.1, 0.15) is 5.56 Å². The molecule has 0 amide bonds. The Balaban J connectivity index is 1.85. The van der Waals surface area contributed by atoms with Crippen molar-refractivity contribution in [1.82, 2.24) is 14.6 Å². The zero-order chi connectivity index (χ0) is 17.4. The van der Waals surface area contributed by atoms with Crippen LogP contribution >= 0.6 is 22.7 Å². The molecule has 3 heterocycles. The smallest absolute Gasteiger partial charge is 0.291 e. The molecule has 3 aromatic heterocycles. The predicted molar refractivity (Wildman–Crippen MR) is 98.8 cm³/mol. The third-order valence-corrected chi connectivity index (χ3v) is 5.47. The normalized spacial score (nSPS) is 12.0. The molecule has 0 saturated heterocycles. The van der Waals surface area contributed by atoms with E-state index in [9.17, 15) is 4.79 Å². The van der Waals surface area contributed by atoms with Gasteiger partial charge in [0.05, 0.1) is 23.6 Å². The van der Waals surface area contributed by atoms with Crippen LogP contribution < -0.4 is 19.6 Å². The number of hydrogen-bond donors (Lipinski definition) is 0. The molecule has 0 saturated carbocycles. The first-order valence-electron chi connectivity index (χ1n) is 7.37. The van der Waals surface area contributed by atoms with E-state index in [2.05, 4.69) is 10.1 Å². The Morgan fingerprint density at radius 3 is 2.72 bits per heavy atom. The summed E-state index contributed by atoms with van der Waals surface area (Å²) in [6.07, 6.45) is 1.77. The topological polar surface area (TPSA) is 65.7 Å². The molecular weight excluding hydrogens is 358 g/mol. The molecule has 0 aliphatic rings. The summed E-state index contributed by atoms with van der Waals surface area (Å²) < 4.78 is 12.6. The van der Waals surface area contributed by atoms with Crippen LogP contribution in [0.15, 0.2) is 40.5 Å². The molecule has 4 rings (SSSR count). The molecule has 0 aliphatic carbocycles. The van der Waals surface area contributed by atoms with Gasteiger partial charge >= 0.3 is 0 Å². The maximum atomic E-state index is 12.6. The largest absolute Gasteiger partial charge is 0.493 e. The second kappa shape index (κ2) is 6.30. The number of aromatic nitrogens is 3. The maximum Gasteiger partial charge on any atom is 0.291 e. The standard InChI is InChI=1S/C17H13N3O3S2/c1-22-11-6-3-5-10(14(11)23-2)9-13-16(21)20-17(25-13)18-15(19-20)12-7-4-8-24-12/h3-9H,1-2H3/b13-9-. The summed E-state index contributed by atoms with van der Waals surface area (Å²) in [5.74, 6) is 1.77. The monoisotopic (exact) mass is 371 g/mol. The van der Waals surface area contributed by atoms with Gasteiger partial charge in [0.25, 0.3) is 5.56 Å². The van der Waals surface area contributed by atoms with E-state index in [1.807, 2.05) is 35.7 Å². The van der Waals surface area contributed by atoms with Crippen molar-refractivity contribution in [3.8, 4) is 22.2 Å². The lowest BCUT2D eigenvalue weighted by Gasteiger charge is -2.09. The Morgan fingerprint density at radius 2 is 2.04 bits per heavy atom. The minimum absolute atomic E-state index is 0.194. The van der Waals surface area contributed by atoms with Gasteiger partial charge in [0, 0.05) is 5.56 Å². The fourth-order valence-electron chi connectivity index (χ4n) is 2.51. The van der Waals surface area contributed by atoms with Gasteiger partial charge in [-0.3, -0.25) is 4.79 Å². The average Bonchev–Trinajstić information content (AvgIpc) is 3.34. The molecule has 0 fully saturated rings. The summed E-state index contributed by atoms with van der Waals surface area (Å²) in [5.41, 5.74) is 0.571. The summed E-state index contributed by atoms with van der Waals surface area (Å²) in [5, 5.41) is 6.29. The van der Waals surface area contributed by atoms with Crippen molar-refractivity contribution in [2.24, 2.45) is 0 Å². The fraction of sp³-hybridized carbons (Fsp3) is 0.118. The highest BCUT2D eigenvalue weighted by atomic mass is 32.1. The van der Waals surface area contributed by atoms with Gasteiger partial charge in [0.1, 0.15) is 0 Å². The van der Waals surface area contributed by atoms with Crippen LogP contribution in [-0.2, 0) is 0 Å². The molecule has 0 bridgehead atoms. The van der Waals surface area contributed by atoms with Gasteiger partial charge < -0.3 is 9.47 Å². The highest BCUT2D eigenvalue weighted by Crippen LogP contribution is 2.31. The first-order valence-corrected chi connectivity index (χ1v) is 9.07. The number of rotatable bonds is 4. The molecule has 25 heavy (non-hydrogen) atoms. The molecule has 0 N–H and O–H groups in total. The van der Waals surface area contributed by atoms with Crippen LogP contribution in [0.3, 0.4) is 0 Å². The Labute approximate surface area is 150 Å². The van der Waals surface area contributed by atoms with Gasteiger partial charge in [-0.1, -0.05) is 29.5 Å². The zero-order valence-corrected chi connectivity index (χ0v) is 15.1. The first-order chi connectivity index (χ1) is 12.2. The van der Waals surface area contributed by atoms with Crippen LogP contribution in [-0.4, -0.2) is 28.8 Å². The molecule has 0 aliphatic heterocycles. The Bertz CT molecular complexity index is 1150. The minimum atomic E-state index is -0.194. The molecule has 8 heteroatoms. The van der Waals surface area contributed by atoms with Crippen LogP contribution in [0.25, 0.3) is 21.7 Å². The molecule has 126 valence electrons. The highest BCUT2D eigenvalue weighted by Gasteiger charge is 2.13. The molecule has 0 unspecified atom stereocenters. The molecule has 0 atom stereocenters. The van der Waals surface area contributed by atoms with Crippen LogP contribution in [0, 0.1) is 0 Å². The fourth-order valence-corrected chi connectivity index (χ4v) is 4.06. The van der Waals surface area contributed by atoms with E-state index in [4.69, 9.17) is 9.47 Å². The van der Waals surface area contributed by atoms with E-state index in [-0.39, 0.29) is 5.56 Å². The number of nitrogens with zero attached hydrogens (tertiary/aromatic N) is 3. The number of benzene rings is 1. The Morgan fingerprint density at radius 1 is 1.16 bits per heavy atom. The van der Waals surface area contributed by atoms with E-state index in [0.717, 1.165) is 10.4 Å². The second-order valence-corrected chi connectivity index (χ2v) is 7.06. The van der Waals surface area contributed by atoms with Crippen molar-refractivity contribution < 1.29 is 9.47 Å².